The summed E-state index contributed by atoms with van der Waals surface area (Å²) in [6.07, 6.45) is 2.37. The van der Waals surface area contributed by atoms with E-state index in [4.69, 9.17) is 0 Å². The lowest BCUT2D eigenvalue weighted by Crippen LogP contribution is -2.31. The average molecular weight is 205 g/mol. The summed E-state index contributed by atoms with van der Waals surface area (Å²) in [7, 11) is 2.03. The van der Waals surface area contributed by atoms with Crippen LogP contribution in [0.15, 0.2) is 24.3 Å². The van der Waals surface area contributed by atoms with Crippen molar-refractivity contribution in [2.45, 2.75) is 33.6 Å². The topological polar surface area (TPSA) is 12.0 Å². The van der Waals surface area contributed by atoms with Crippen molar-refractivity contribution in [1.29, 1.82) is 0 Å². The van der Waals surface area contributed by atoms with Gasteiger partial charge in [-0.3, -0.25) is 0 Å². The second kappa shape index (κ2) is 5.32. The molecular formula is C14H23N. The predicted octanol–water partition coefficient (Wildman–Crippen LogP) is 3.17. The molecular weight excluding hydrogens is 182 g/mol. The Bertz CT molecular complexity index is 306. The van der Waals surface area contributed by atoms with Crippen molar-refractivity contribution < 1.29 is 0 Å². The lowest BCUT2D eigenvalue weighted by atomic mass is 9.81. The Labute approximate surface area is 93.9 Å². The van der Waals surface area contributed by atoms with E-state index in [0.29, 0.717) is 5.41 Å². The van der Waals surface area contributed by atoms with Crippen molar-refractivity contribution in [3.63, 3.8) is 0 Å². The van der Waals surface area contributed by atoms with Crippen LogP contribution < -0.4 is 5.32 Å². The molecule has 1 aromatic carbocycles. The molecule has 1 unspecified atom stereocenters. The average Bonchev–Trinajstić information content (AvgIpc) is 2.18. The van der Waals surface area contributed by atoms with E-state index in [9.17, 15) is 0 Å². The first-order chi connectivity index (χ1) is 7.09. The first kappa shape index (κ1) is 12.3. The monoisotopic (exact) mass is 205 g/mol. The molecule has 1 atom stereocenters. The van der Waals surface area contributed by atoms with Crippen LogP contribution in [0.25, 0.3) is 0 Å². The zero-order valence-electron chi connectivity index (χ0n) is 10.4. The van der Waals surface area contributed by atoms with Gasteiger partial charge in [0.05, 0.1) is 0 Å². The van der Waals surface area contributed by atoms with Gasteiger partial charge in [0.2, 0.25) is 0 Å². The van der Waals surface area contributed by atoms with Gasteiger partial charge in [-0.05, 0) is 37.8 Å². The van der Waals surface area contributed by atoms with Crippen molar-refractivity contribution in [1.82, 2.24) is 5.32 Å². The normalized spacial score (nSPS) is 14.9. The zero-order chi connectivity index (χ0) is 11.3. The maximum absolute atomic E-state index is 3.29. The summed E-state index contributed by atoms with van der Waals surface area (Å²) < 4.78 is 0. The molecule has 15 heavy (non-hydrogen) atoms. The first-order valence-corrected chi connectivity index (χ1v) is 5.80. The van der Waals surface area contributed by atoms with E-state index in [-0.39, 0.29) is 0 Å². The summed E-state index contributed by atoms with van der Waals surface area (Å²) in [6.45, 7) is 7.86. The van der Waals surface area contributed by atoms with E-state index >= 15 is 0 Å². The van der Waals surface area contributed by atoms with E-state index < -0.39 is 0 Å². The minimum Gasteiger partial charge on any atom is -0.319 e. The number of rotatable bonds is 5. The quantitative estimate of drug-likeness (QED) is 0.778. The molecule has 1 rings (SSSR count). The molecule has 0 saturated heterocycles. The number of nitrogens with one attached hydrogen (secondary N) is 1. The highest BCUT2D eigenvalue weighted by molar-refractivity contribution is 5.23. The van der Waals surface area contributed by atoms with Gasteiger partial charge in [-0.15, -0.1) is 0 Å². The molecule has 0 aromatic heterocycles. The van der Waals surface area contributed by atoms with Crippen LogP contribution in [0.3, 0.4) is 0 Å². The molecule has 0 aliphatic heterocycles. The van der Waals surface area contributed by atoms with Gasteiger partial charge in [-0.25, -0.2) is 0 Å². The van der Waals surface area contributed by atoms with Gasteiger partial charge in [0.15, 0.2) is 0 Å². The van der Waals surface area contributed by atoms with Gasteiger partial charge in [-0.2, -0.15) is 0 Å². The lowest BCUT2D eigenvalue weighted by molar-refractivity contribution is 0.299. The maximum atomic E-state index is 3.29. The van der Waals surface area contributed by atoms with Crippen LogP contribution in [0.4, 0.5) is 0 Å². The van der Waals surface area contributed by atoms with Gasteiger partial charge < -0.3 is 5.32 Å². The summed E-state index contributed by atoms with van der Waals surface area (Å²) in [5.41, 5.74) is 3.19. The van der Waals surface area contributed by atoms with E-state index in [1.54, 1.807) is 0 Å². The third-order valence-electron chi connectivity index (χ3n) is 3.17. The Morgan fingerprint density at radius 1 is 1.33 bits per heavy atom. The number of aryl methyl sites for hydroxylation is 1. The molecule has 84 valence electrons. The van der Waals surface area contributed by atoms with Crippen LogP contribution in [-0.2, 0) is 6.42 Å². The molecule has 0 aliphatic carbocycles. The maximum Gasteiger partial charge on any atom is 0.000524 e. The van der Waals surface area contributed by atoms with E-state index in [1.807, 2.05) is 7.05 Å². The highest BCUT2D eigenvalue weighted by Crippen LogP contribution is 2.25. The number of hydrogen-bond acceptors (Lipinski definition) is 1. The summed E-state index contributed by atoms with van der Waals surface area (Å²) in [5.74, 6) is 0. The summed E-state index contributed by atoms with van der Waals surface area (Å²) in [6, 6.07) is 8.84. The van der Waals surface area contributed by atoms with Gasteiger partial charge in [-0.1, -0.05) is 43.7 Å². The molecule has 0 spiro atoms. The van der Waals surface area contributed by atoms with E-state index in [0.717, 1.165) is 13.0 Å². The minimum absolute atomic E-state index is 0.378. The Morgan fingerprint density at radius 2 is 2.07 bits per heavy atom. The zero-order valence-corrected chi connectivity index (χ0v) is 10.4. The molecule has 1 aromatic rings. The molecule has 0 amide bonds. The summed E-state index contributed by atoms with van der Waals surface area (Å²) in [4.78, 5) is 0. The standard InChI is InChI=1S/C14H23N/c1-5-14(3,11-15-4)10-13-8-6-7-12(2)9-13/h6-9,15H,5,10-11H2,1-4H3. The molecule has 0 aliphatic rings. The van der Waals surface area contributed by atoms with Crippen LogP contribution in [-0.4, -0.2) is 13.6 Å². The molecule has 1 N–H and O–H groups in total. The smallest absolute Gasteiger partial charge is 0.000524 e. The van der Waals surface area contributed by atoms with E-state index in [2.05, 4.69) is 50.4 Å². The third kappa shape index (κ3) is 3.67. The van der Waals surface area contributed by atoms with Gasteiger partial charge >= 0.3 is 0 Å². The van der Waals surface area contributed by atoms with E-state index in [1.165, 1.54) is 17.5 Å². The van der Waals surface area contributed by atoms with Gasteiger partial charge in [0.25, 0.3) is 0 Å². The van der Waals surface area contributed by atoms with Gasteiger partial charge in [0.1, 0.15) is 0 Å². The molecule has 0 heterocycles. The summed E-state index contributed by atoms with van der Waals surface area (Å²) in [5, 5.41) is 3.29. The Kier molecular flexibility index (Phi) is 4.34. The predicted molar refractivity (Wildman–Crippen MR) is 67.2 cm³/mol. The highest BCUT2D eigenvalue weighted by Gasteiger charge is 2.21. The SMILES string of the molecule is CCC(C)(CNC)Cc1cccc(C)c1. The van der Waals surface area contributed by atoms with Crippen molar-refractivity contribution in [3.8, 4) is 0 Å². The highest BCUT2D eigenvalue weighted by atomic mass is 14.8. The van der Waals surface area contributed by atoms with Crippen LogP contribution in [0.5, 0.6) is 0 Å². The lowest BCUT2D eigenvalue weighted by Gasteiger charge is -2.28. The molecule has 1 nitrogen and oxygen atoms in total. The Hall–Kier alpha value is -0.820. The van der Waals surface area contributed by atoms with Crippen LogP contribution in [0, 0.1) is 12.3 Å². The summed E-state index contributed by atoms with van der Waals surface area (Å²) >= 11 is 0. The molecule has 1 heteroatoms. The van der Waals surface area contributed by atoms with Crippen LogP contribution in [0.2, 0.25) is 0 Å². The van der Waals surface area contributed by atoms with Crippen LogP contribution >= 0.6 is 0 Å². The minimum atomic E-state index is 0.378. The fourth-order valence-electron chi connectivity index (χ4n) is 2.05. The van der Waals surface area contributed by atoms with Gasteiger partial charge in [0, 0.05) is 6.54 Å². The molecule has 0 bridgehead atoms. The second-order valence-corrected chi connectivity index (χ2v) is 4.86. The van der Waals surface area contributed by atoms with Crippen molar-refractivity contribution in [3.05, 3.63) is 35.4 Å². The fraction of sp³-hybridized carbons (Fsp3) is 0.571. The Morgan fingerprint density at radius 3 is 2.60 bits per heavy atom. The number of benzene rings is 1. The fourth-order valence-corrected chi connectivity index (χ4v) is 2.05. The van der Waals surface area contributed by atoms with Crippen molar-refractivity contribution in [2.24, 2.45) is 5.41 Å². The largest absolute Gasteiger partial charge is 0.319 e. The Balaban J connectivity index is 2.74. The van der Waals surface area contributed by atoms with Crippen LogP contribution in [0.1, 0.15) is 31.4 Å². The molecule has 0 fully saturated rings. The third-order valence-corrected chi connectivity index (χ3v) is 3.17. The van der Waals surface area contributed by atoms with Crippen molar-refractivity contribution >= 4 is 0 Å². The van der Waals surface area contributed by atoms with Crippen molar-refractivity contribution in [2.75, 3.05) is 13.6 Å². The second-order valence-electron chi connectivity index (χ2n) is 4.86. The number of hydrogen-bond donors (Lipinski definition) is 1. The molecule has 0 saturated carbocycles. The first-order valence-electron chi connectivity index (χ1n) is 5.80. The molecule has 0 radical (unpaired) electrons.